The minimum Gasteiger partial charge on any atom is -0.369 e. The summed E-state index contributed by atoms with van der Waals surface area (Å²) in [6.07, 6.45) is 9.20. The molecule has 20 heavy (non-hydrogen) atoms. The molecule has 0 aliphatic carbocycles. The van der Waals surface area contributed by atoms with E-state index in [0.29, 0.717) is 5.92 Å². The van der Waals surface area contributed by atoms with Crippen molar-refractivity contribution in [1.29, 1.82) is 0 Å². The first kappa shape index (κ1) is 14.6. The molecule has 0 aliphatic heterocycles. The van der Waals surface area contributed by atoms with Gasteiger partial charge in [-0.25, -0.2) is 9.97 Å². The van der Waals surface area contributed by atoms with Crippen LogP contribution >= 0.6 is 0 Å². The van der Waals surface area contributed by atoms with Crippen LogP contribution in [0.1, 0.15) is 40.0 Å². The van der Waals surface area contributed by atoms with Crippen molar-refractivity contribution in [2.24, 2.45) is 5.92 Å². The normalized spacial score (nSPS) is 11.2. The third-order valence-corrected chi connectivity index (χ3v) is 3.64. The van der Waals surface area contributed by atoms with Crippen LogP contribution in [0.4, 0.5) is 11.6 Å². The first-order valence-corrected chi connectivity index (χ1v) is 7.59. The SMILES string of the molecule is CCCNc1cn2ccnc2c(NCC(CC)CC)n1. The first-order chi connectivity index (χ1) is 9.78. The monoisotopic (exact) mass is 275 g/mol. The molecule has 2 rings (SSSR count). The smallest absolute Gasteiger partial charge is 0.180 e. The maximum atomic E-state index is 4.65. The van der Waals surface area contributed by atoms with Gasteiger partial charge in [0.25, 0.3) is 0 Å². The summed E-state index contributed by atoms with van der Waals surface area (Å²) in [5.41, 5.74) is 0.887. The van der Waals surface area contributed by atoms with Crippen LogP contribution in [0, 0.1) is 5.92 Å². The van der Waals surface area contributed by atoms with Crippen molar-refractivity contribution in [1.82, 2.24) is 14.4 Å². The van der Waals surface area contributed by atoms with E-state index in [1.165, 1.54) is 12.8 Å². The van der Waals surface area contributed by atoms with Crippen molar-refractivity contribution in [3.63, 3.8) is 0 Å². The second-order valence-electron chi connectivity index (χ2n) is 5.12. The minimum absolute atomic E-state index is 0.680. The van der Waals surface area contributed by atoms with Crippen molar-refractivity contribution in [2.45, 2.75) is 40.0 Å². The van der Waals surface area contributed by atoms with E-state index in [1.807, 2.05) is 23.0 Å². The van der Waals surface area contributed by atoms with Crippen LogP contribution in [-0.4, -0.2) is 27.5 Å². The van der Waals surface area contributed by atoms with Crippen LogP contribution in [0.2, 0.25) is 0 Å². The van der Waals surface area contributed by atoms with E-state index in [0.717, 1.165) is 36.8 Å². The topological polar surface area (TPSA) is 54.2 Å². The Morgan fingerprint density at radius 3 is 2.70 bits per heavy atom. The molecule has 0 bridgehead atoms. The highest BCUT2D eigenvalue weighted by atomic mass is 15.1. The van der Waals surface area contributed by atoms with Crippen LogP contribution in [0.5, 0.6) is 0 Å². The quantitative estimate of drug-likeness (QED) is 0.775. The van der Waals surface area contributed by atoms with E-state index >= 15 is 0 Å². The highest BCUT2D eigenvalue weighted by molar-refractivity contribution is 5.65. The zero-order valence-electron chi connectivity index (χ0n) is 12.7. The van der Waals surface area contributed by atoms with Crippen LogP contribution < -0.4 is 10.6 Å². The molecule has 2 N–H and O–H groups in total. The van der Waals surface area contributed by atoms with Crippen molar-refractivity contribution in [3.05, 3.63) is 18.6 Å². The fourth-order valence-electron chi connectivity index (χ4n) is 2.21. The van der Waals surface area contributed by atoms with Crippen LogP contribution in [-0.2, 0) is 0 Å². The Labute approximate surface area is 120 Å². The average molecular weight is 275 g/mol. The summed E-state index contributed by atoms with van der Waals surface area (Å²) < 4.78 is 2.01. The van der Waals surface area contributed by atoms with Gasteiger partial charge in [0.05, 0.1) is 6.20 Å². The lowest BCUT2D eigenvalue weighted by Crippen LogP contribution is -2.15. The number of nitrogens with zero attached hydrogens (tertiary/aromatic N) is 3. The molecule has 0 saturated heterocycles. The number of hydrogen-bond acceptors (Lipinski definition) is 4. The number of nitrogens with one attached hydrogen (secondary N) is 2. The van der Waals surface area contributed by atoms with Crippen LogP contribution in [0.15, 0.2) is 18.6 Å². The summed E-state index contributed by atoms with van der Waals surface area (Å²) in [5, 5.41) is 6.79. The van der Waals surface area contributed by atoms with Gasteiger partial charge in [0.15, 0.2) is 11.5 Å². The van der Waals surface area contributed by atoms with Gasteiger partial charge in [-0.05, 0) is 12.3 Å². The van der Waals surface area contributed by atoms with Gasteiger partial charge in [0.2, 0.25) is 0 Å². The molecule has 0 unspecified atom stereocenters. The summed E-state index contributed by atoms with van der Waals surface area (Å²) >= 11 is 0. The minimum atomic E-state index is 0.680. The zero-order valence-corrected chi connectivity index (χ0v) is 12.7. The Morgan fingerprint density at radius 1 is 1.20 bits per heavy atom. The molecule has 0 radical (unpaired) electrons. The predicted octanol–water partition coefficient (Wildman–Crippen LogP) is 3.40. The third-order valence-electron chi connectivity index (χ3n) is 3.64. The maximum Gasteiger partial charge on any atom is 0.180 e. The lowest BCUT2D eigenvalue weighted by Gasteiger charge is -2.15. The molecule has 0 saturated carbocycles. The maximum absolute atomic E-state index is 4.65. The van der Waals surface area contributed by atoms with Gasteiger partial charge in [-0.2, -0.15) is 0 Å². The zero-order chi connectivity index (χ0) is 14.4. The lowest BCUT2D eigenvalue weighted by atomic mass is 10.0. The molecule has 5 heteroatoms. The van der Waals surface area contributed by atoms with E-state index in [4.69, 9.17) is 0 Å². The van der Waals surface area contributed by atoms with E-state index in [1.54, 1.807) is 0 Å². The van der Waals surface area contributed by atoms with Gasteiger partial charge in [-0.3, -0.25) is 0 Å². The molecule has 2 aromatic heterocycles. The molecule has 2 aromatic rings. The Kier molecular flexibility index (Phi) is 5.21. The molecule has 0 fully saturated rings. The Bertz CT molecular complexity index is 530. The van der Waals surface area contributed by atoms with Gasteiger partial charge in [0, 0.05) is 25.5 Å². The summed E-state index contributed by atoms with van der Waals surface area (Å²) in [6, 6.07) is 0. The van der Waals surface area contributed by atoms with Crippen molar-refractivity contribution in [3.8, 4) is 0 Å². The molecule has 0 aromatic carbocycles. The first-order valence-electron chi connectivity index (χ1n) is 7.59. The standard InChI is InChI=1S/C15H25N5/c1-4-7-16-13-11-20-9-8-17-15(20)14(19-13)18-10-12(5-2)6-3/h8-9,11-12,16H,4-7,10H2,1-3H3,(H,18,19). The van der Waals surface area contributed by atoms with Gasteiger partial charge >= 0.3 is 0 Å². The number of imidazole rings is 1. The number of rotatable bonds is 8. The fraction of sp³-hybridized carbons (Fsp3) is 0.600. The van der Waals surface area contributed by atoms with Crippen molar-refractivity contribution in [2.75, 3.05) is 23.7 Å². The molecule has 0 spiro atoms. The number of fused-ring (bicyclic) bond motifs is 1. The summed E-state index contributed by atoms with van der Waals surface area (Å²) in [6.45, 7) is 8.48. The molecule has 2 heterocycles. The highest BCUT2D eigenvalue weighted by Gasteiger charge is 2.09. The second-order valence-corrected chi connectivity index (χ2v) is 5.12. The molecular formula is C15H25N5. The number of aromatic nitrogens is 3. The second kappa shape index (κ2) is 7.12. The molecule has 110 valence electrons. The molecule has 0 atom stereocenters. The van der Waals surface area contributed by atoms with E-state index in [2.05, 4.69) is 41.4 Å². The number of anilines is 2. The summed E-state index contributed by atoms with van der Waals surface area (Å²) in [5.74, 6) is 2.44. The average Bonchev–Trinajstić information content (AvgIpc) is 2.94. The molecule has 5 nitrogen and oxygen atoms in total. The third kappa shape index (κ3) is 3.40. The van der Waals surface area contributed by atoms with Crippen LogP contribution in [0.25, 0.3) is 5.65 Å². The highest BCUT2D eigenvalue weighted by Crippen LogP contribution is 2.18. The van der Waals surface area contributed by atoms with Crippen molar-refractivity contribution >= 4 is 17.3 Å². The van der Waals surface area contributed by atoms with Gasteiger partial charge < -0.3 is 15.0 Å². The molecular weight excluding hydrogens is 250 g/mol. The van der Waals surface area contributed by atoms with E-state index in [9.17, 15) is 0 Å². The lowest BCUT2D eigenvalue weighted by molar-refractivity contribution is 0.518. The van der Waals surface area contributed by atoms with Gasteiger partial charge in [-0.15, -0.1) is 0 Å². The molecule has 0 amide bonds. The largest absolute Gasteiger partial charge is 0.369 e. The van der Waals surface area contributed by atoms with Crippen molar-refractivity contribution < 1.29 is 0 Å². The van der Waals surface area contributed by atoms with E-state index < -0.39 is 0 Å². The van der Waals surface area contributed by atoms with Gasteiger partial charge in [-0.1, -0.05) is 33.6 Å². The fourth-order valence-corrected chi connectivity index (χ4v) is 2.21. The molecule has 0 aliphatic rings. The Hall–Kier alpha value is -1.78. The Morgan fingerprint density at radius 2 is 2.00 bits per heavy atom. The van der Waals surface area contributed by atoms with Crippen LogP contribution in [0.3, 0.4) is 0 Å². The van der Waals surface area contributed by atoms with Gasteiger partial charge in [0.1, 0.15) is 5.82 Å². The summed E-state index contributed by atoms with van der Waals surface area (Å²) in [7, 11) is 0. The Balaban J connectivity index is 2.18. The predicted molar refractivity (Wildman–Crippen MR) is 84.3 cm³/mol. The number of hydrogen-bond donors (Lipinski definition) is 2. The van der Waals surface area contributed by atoms with E-state index in [-0.39, 0.29) is 0 Å². The summed E-state index contributed by atoms with van der Waals surface area (Å²) in [4.78, 5) is 9.03.